The van der Waals surface area contributed by atoms with Gasteiger partial charge in [0.1, 0.15) is 5.54 Å². The van der Waals surface area contributed by atoms with Crippen LogP contribution in [0.5, 0.6) is 0 Å². The van der Waals surface area contributed by atoms with Gasteiger partial charge in [0.2, 0.25) is 11.8 Å². The van der Waals surface area contributed by atoms with Crippen LogP contribution in [0.4, 0.5) is 0 Å². The second-order valence-corrected chi connectivity index (χ2v) is 5.68. The van der Waals surface area contributed by atoms with E-state index in [0.717, 1.165) is 31.2 Å². The highest BCUT2D eigenvalue weighted by molar-refractivity contribution is 5.93. The molecule has 1 aromatic heterocycles. The molecule has 0 aromatic carbocycles. The number of aromatic nitrogens is 1. The van der Waals surface area contributed by atoms with Gasteiger partial charge in [-0.1, -0.05) is 18.9 Å². The Balaban J connectivity index is 1.83. The zero-order valence-electron chi connectivity index (χ0n) is 11.5. The number of hydrogen-bond donors (Lipinski definition) is 1. The first kappa shape index (κ1) is 13.1. The molecule has 2 fully saturated rings. The van der Waals surface area contributed by atoms with E-state index in [-0.39, 0.29) is 11.8 Å². The van der Waals surface area contributed by atoms with Gasteiger partial charge in [0.05, 0.1) is 0 Å². The first-order chi connectivity index (χ1) is 9.70. The molecular weight excluding hydrogens is 254 g/mol. The second kappa shape index (κ2) is 5.23. The van der Waals surface area contributed by atoms with E-state index in [0.29, 0.717) is 19.5 Å². The molecule has 5 nitrogen and oxygen atoms in total. The van der Waals surface area contributed by atoms with Gasteiger partial charge in [-0.15, -0.1) is 0 Å². The molecule has 2 heterocycles. The molecule has 1 saturated carbocycles. The largest absolute Gasteiger partial charge is 0.342 e. The number of pyridine rings is 1. The average molecular weight is 273 g/mol. The third kappa shape index (κ3) is 2.40. The summed E-state index contributed by atoms with van der Waals surface area (Å²) >= 11 is 0. The fourth-order valence-electron chi connectivity index (χ4n) is 3.20. The lowest BCUT2D eigenvalue weighted by atomic mass is 9.95. The smallest absolute Gasteiger partial charge is 0.248 e. The minimum atomic E-state index is -0.643. The summed E-state index contributed by atoms with van der Waals surface area (Å²) < 4.78 is 0. The topological polar surface area (TPSA) is 62.3 Å². The zero-order chi connectivity index (χ0) is 14.0. The minimum absolute atomic E-state index is 0.00561. The van der Waals surface area contributed by atoms with Crippen molar-refractivity contribution in [2.45, 2.75) is 44.2 Å². The molecule has 0 atom stereocenters. The Morgan fingerprint density at radius 3 is 2.80 bits per heavy atom. The van der Waals surface area contributed by atoms with Crippen LogP contribution in [-0.2, 0) is 16.1 Å². The molecule has 1 aromatic rings. The summed E-state index contributed by atoms with van der Waals surface area (Å²) in [6, 6.07) is 3.83. The first-order valence-electron chi connectivity index (χ1n) is 7.19. The molecule has 5 heteroatoms. The fraction of sp³-hybridized carbons (Fsp3) is 0.533. The van der Waals surface area contributed by atoms with Crippen LogP contribution >= 0.6 is 0 Å². The molecule has 106 valence electrons. The molecule has 1 aliphatic carbocycles. The number of nitrogens with one attached hydrogen (secondary N) is 1. The number of amides is 2. The molecule has 0 bridgehead atoms. The van der Waals surface area contributed by atoms with Crippen LogP contribution in [0.15, 0.2) is 24.5 Å². The van der Waals surface area contributed by atoms with Gasteiger partial charge in [0.25, 0.3) is 0 Å². The third-order valence-corrected chi connectivity index (χ3v) is 4.24. The lowest BCUT2D eigenvalue weighted by Crippen LogP contribution is -2.55. The van der Waals surface area contributed by atoms with Crippen LogP contribution in [0.1, 0.15) is 37.7 Å². The van der Waals surface area contributed by atoms with E-state index in [2.05, 4.69) is 10.3 Å². The van der Waals surface area contributed by atoms with E-state index in [1.165, 1.54) is 0 Å². The fourth-order valence-corrected chi connectivity index (χ4v) is 3.20. The Hall–Kier alpha value is -1.91. The van der Waals surface area contributed by atoms with Crippen LogP contribution in [0, 0.1) is 0 Å². The monoisotopic (exact) mass is 273 g/mol. The average Bonchev–Trinajstić information content (AvgIpc) is 2.89. The molecule has 20 heavy (non-hydrogen) atoms. The summed E-state index contributed by atoms with van der Waals surface area (Å²) in [5, 5.41) is 2.97. The highest BCUT2D eigenvalue weighted by Crippen LogP contribution is 2.33. The van der Waals surface area contributed by atoms with Gasteiger partial charge < -0.3 is 10.2 Å². The van der Waals surface area contributed by atoms with Crippen molar-refractivity contribution < 1.29 is 9.59 Å². The maximum absolute atomic E-state index is 12.8. The standard InChI is InChI=1S/C15H19N3O2/c19-13-5-9-18(11-12-4-3-8-16-10-12)14(20)15(17-13)6-1-2-7-15/h3-4,8,10H,1-2,5-7,9,11H2,(H,17,19). The van der Waals surface area contributed by atoms with Crippen molar-refractivity contribution >= 4 is 11.8 Å². The van der Waals surface area contributed by atoms with E-state index < -0.39 is 5.54 Å². The summed E-state index contributed by atoms with van der Waals surface area (Å²) in [5.74, 6) is 0.0682. The van der Waals surface area contributed by atoms with Gasteiger partial charge in [-0.3, -0.25) is 14.6 Å². The van der Waals surface area contributed by atoms with Crippen LogP contribution < -0.4 is 5.32 Å². The molecule has 1 N–H and O–H groups in total. The van der Waals surface area contributed by atoms with Crippen molar-refractivity contribution in [2.75, 3.05) is 6.54 Å². The third-order valence-electron chi connectivity index (χ3n) is 4.24. The van der Waals surface area contributed by atoms with Gasteiger partial charge >= 0.3 is 0 Å². The quantitative estimate of drug-likeness (QED) is 0.882. The van der Waals surface area contributed by atoms with Crippen molar-refractivity contribution in [1.82, 2.24) is 15.2 Å². The summed E-state index contributed by atoms with van der Waals surface area (Å²) in [6.07, 6.45) is 7.42. The predicted molar refractivity (Wildman–Crippen MR) is 73.6 cm³/mol. The SMILES string of the molecule is O=C1CCN(Cc2cccnc2)C(=O)C2(CCCC2)N1. The highest BCUT2D eigenvalue weighted by atomic mass is 16.2. The van der Waals surface area contributed by atoms with Gasteiger partial charge in [0, 0.05) is 31.9 Å². The Morgan fingerprint density at radius 2 is 2.10 bits per heavy atom. The van der Waals surface area contributed by atoms with Crippen molar-refractivity contribution in [3.8, 4) is 0 Å². The predicted octanol–water partition coefficient (Wildman–Crippen LogP) is 1.24. The van der Waals surface area contributed by atoms with Crippen molar-refractivity contribution in [3.63, 3.8) is 0 Å². The molecule has 3 rings (SSSR count). The number of carbonyl (C=O) groups excluding carboxylic acids is 2. The van der Waals surface area contributed by atoms with E-state index in [1.807, 2.05) is 12.1 Å². The van der Waals surface area contributed by atoms with E-state index in [4.69, 9.17) is 0 Å². The summed E-state index contributed by atoms with van der Waals surface area (Å²) in [6.45, 7) is 1.02. The summed E-state index contributed by atoms with van der Waals surface area (Å²) in [4.78, 5) is 30.6. The Labute approximate surface area is 118 Å². The Bertz CT molecular complexity index is 509. The maximum Gasteiger partial charge on any atom is 0.248 e. The van der Waals surface area contributed by atoms with E-state index in [1.54, 1.807) is 17.3 Å². The van der Waals surface area contributed by atoms with Crippen molar-refractivity contribution in [3.05, 3.63) is 30.1 Å². The van der Waals surface area contributed by atoms with Gasteiger partial charge in [-0.25, -0.2) is 0 Å². The lowest BCUT2D eigenvalue weighted by Gasteiger charge is -2.31. The van der Waals surface area contributed by atoms with Crippen molar-refractivity contribution in [2.24, 2.45) is 0 Å². The van der Waals surface area contributed by atoms with Crippen LogP contribution in [0.2, 0.25) is 0 Å². The van der Waals surface area contributed by atoms with E-state index >= 15 is 0 Å². The molecule has 1 aliphatic heterocycles. The van der Waals surface area contributed by atoms with Gasteiger partial charge in [0.15, 0.2) is 0 Å². The number of rotatable bonds is 2. The number of nitrogens with zero attached hydrogens (tertiary/aromatic N) is 2. The molecule has 1 saturated heterocycles. The minimum Gasteiger partial charge on any atom is -0.342 e. The molecule has 0 unspecified atom stereocenters. The van der Waals surface area contributed by atoms with Crippen LogP contribution in [0.25, 0.3) is 0 Å². The van der Waals surface area contributed by atoms with Crippen molar-refractivity contribution in [1.29, 1.82) is 0 Å². The molecule has 0 radical (unpaired) electrons. The Kier molecular flexibility index (Phi) is 3.42. The van der Waals surface area contributed by atoms with Gasteiger partial charge in [-0.05, 0) is 24.5 Å². The molecule has 2 amide bonds. The summed E-state index contributed by atoms with van der Waals surface area (Å²) in [5.41, 5.74) is 0.360. The zero-order valence-corrected chi connectivity index (χ0v) is 11.5. The lowest BCUT2D eigenvalue weighted by molar-refractivity contribution is -0.139. The first-order valence-corrected chi connectivity index (χ1v) is 7.19. The molecular formula is C15H19N3O2. The van der Waals surface area contributed by atoms with Gasteiger partial charge in [-0.2, -0.15) is 0 Å². The molecule has 2 aliphatic rings. The maximum atomic E-state index is 12.8. The normalized spacial score (nSPS) is 21.9. The number of carbonyl (C=O) groups is 2. The second-order valence-electron chi connectivity index (χ2n) is 5.68. The number of hydrogen-bond acceptors (Lipinski definition) is 3. The summed E-state index contributed by atoms with van der Waals surface area (Å²) in [7, 11) is 0. The molecule has 1 spiro atoms. The highest BCUT2D eigenvalue weighted by Gasteiger charge is 2.46. The van der Waals surface area contributed by atoms with E-state index in [9.17, 15) is 9.59 Å². The van der Waals surface area contributed by atoms with Crippen LogP contribution in [0.3, 0.4) is 0 Å². The van der Waals surface area contributed by atoms with Crippen LogP contribution in [-0.4, -0.2) is 33.8 Å². The Morgan fingerprint density at radius 1 is 1.30 bits per heavy atom.